The van der Waals surface area contributed by atoms with E-state index in [1.54, 1.807) is 25.1 Å². The van der Waals surface area contributed by atoms with Crippen molar-refractivity contribution < 1.29 is 14.0 Å². The zero-order chi connectivity index (χ0) is 20.7. The number of carbonyl (C=O) groups is 2. The zero-order valence-corrected chi connectivity index (χ0v) is 16.6. The summed E-state index contributed by atoms with van der Waals surface area (Å²) in [5.74, 6) is -0.0269. The van der Waals surface area contributed by atoms with Gasteiger partial charge in [0.15, 0.2) is 0 Å². The molecule has 1 saturated carbocycles. The van der Waals surface area contributed by atoms with Crippen molar-refractivity contribution in [2.45, 2.75) is 32.5 Å². The second-order valence-electron chi connectivity index (χ2n) is 7.46. The lowest BCUT2D eigenvalue weighted by molar-refractivity contribution is -0.139. The van der Waals surface area contributed by atoms with Gasteiger partial charge in [0.2, 0.25) is 11.8 Å². The number of hydrogen-bond donors (Lipinski definition) is 1. The Bertz CT molecular complexity index is 1040. The van der Waals surface area contributed by atoms with Crippen LogP contribution in [0.5, 0.6) is 0 Å². The van der Waals surface area contributed by atoms with Crippen LogP contribution in [-0.2, 0) is 16.1 Å². The molecule has 0 atom stereocenters. The summed E-state index contributed by atoms with van der Waals surface area (Å²) in [6.07, 6.45) is 0.735. The van der Waals surface area contributed by atoms with Gasteiger partial charge < -0.3 is 10.2 Å². The fourth-order valence-corrected chi connectivity index (χ4v) is 3.41. The second kappa shape index (κ2) is 7.59. The number of aromatic nitrogens is 2. The molecule has 1 aliphatic carbocycles. The van der Waals surface area contributed by atoms with E-state index in [4.69, 9.17) is 11.6 Å². The molecule has 7 nitrogen and oxygen atoms in total. The van der Waals surface area contributed by atoms with Crippen LogP contribution in [0.1, 0.15) is 18.7 Å². The summed E-state index contributed by atoms with van der Waals surface area (Å²) in [5.41, 5.74) is 1.05. The van der Waals surface area contributed by atoms with Gasteiger partial charge in [-0.05, 0) is 38.0 Å². The van der Waals surface area contributed by atoms with E-state index in [1.165, 1.54) is 15.5 Å². The molecule has 0 radical (unpaired) electrons. The average Bonchev–Trinajstić information content (AvgIpc) is 3.47. The monoisotopic (exact) mass is 418 g/mol. The van der Waals surface area contributed by atoms with Crippen LogP contribution < -0.4 is 10.9 Å². The van der Waals surface area contributed by atoms with Gasteiger partial charge in [0, 0.05) is 22.6 Å². The van der Waals surface area contributed by atoms with Crippen molar-refractivity contribution in [3.05, 3.63) is 45.5 Å². The Balaban J connectivity index is 1.61. The van der Waals surface area contributed by atoms with Crippen molar-refractivity contribution in [1.29, 1.82) is 0 Å². The number of aryl methyl sites for hydroxylation is 1. The molecule has 1 N–H and O–H groups in total. The number of amides is 2. The first-order valence-electron chi connectivity index (χ1n) is 9.43. The van der Waals surface area contributed by atoms with Gasteiger partial charge in [-0.1, -0.05) is 11.6 Å². The zero-order valence-electron chi connectivity index (χ0n) is 15.8. The van der Waals surface area contributed by atoms with Crippen LogP contribution in [0.25, 0.3) is 11.3 Å². The number of nitrogens with zero attached hydrogens (tertiary/aromatic N) is 3. The maximum Gasteiger partial charge on any atom is 0.254 e. The van der Waals surface area contributed by atoms with E-state index < -0.39 is 11.7 Å². The van der Waals surface area contributed by atoms with Crippen LogP contribution in [0.4, 0.5) is 10.1 Å². The molecule has 0 bridgehead atoms. The molecule has 4 rings (SSSR count). The topological polar surface area (TPSA) is 84.3 Å². The van der Waals surface area contributed by atoms with E-state index in [9.17, 15) is 18.8 Å². The highest BCUT2D eigenvalue weighted by Crippen LogP contribution is 2.33. The van der Waals surface area contributed by atoms with Crippen LogP contribution in [0, 0.1) is 12.8 Å². The summed E-state index contributed by atoms with van der Waals surface area (Å²) in [7, 11) is 0. The average molecular weight is 419 g/mol. The van der Waals surface area contributed by atoms with E-state index in [2.05, 4.69) is 10.3 Å². The quantitative estimate of drug-likeness (QED) is 0.808. The van der Waals surface area contributed by atoms with Gasteiger partial charge in [-0.2, -0.15) is 0 Å². The molecule has 2 aliphatic rings. The Labute approximate surface area is 171 Å². The highest BCUT2D eigenvalue weighted by atomic mass is 35.5. The van der Waals surface area contributed by atoms with Crippen molar-refractivity contribution in [2.75, 3.05) is 18.4 Å². The van der Waals surface area contributed by atoms with Crippen molar-refractivity contribution in [1.82, 2.24) is 14.5 Å². The first-order chi connectivity index (χ1) is 13.8. The summed E-state index contributed by atoms with van der Waals surface area (Å²) in [4.78, 5) is 42.9. The Morgan fingerprint density at radius 2 is 2.00 bits per heavy atom. The molecule has 1 aliphatic heterocycles. The molecule has 9 heteroatoms. The minimum absolute atomic E-state index is 0.0148. The smallest absolute Gasteiger partial charge is 0.254 e. The number of carbonyl (C=O) groups excluding carboxylic acids is 2. The predicted octanol–water partition coefficient (Wildman–Crippen LogP) is 2.40. The molecule has 152 valence electrons. The van der Waals surface area contributed by atoms with Crippen molar-refractivity contribution in [3.63, 3.8) is 0 Å². The third-order valence-corrected chi connectivity index (χ3v) is 5.38. The number of anilines is 1. The van der Waals surface area contributed by atoms with Gasteiger partial charge in [-0.25, -0.2) is 9.37 Å². The number of hydrogen-bond acceptors (Lipinski definition) is 4. The van der Waals surface area contributed by atoms with E-state index in [0.717, 1.165) is 12.8 Å². The van der Waals surface area contributed by atoms with Gasteiger partial charge >= 0.3 is 0 Å². The third kappa shape index (κ3) is 4.17. The number of likely N-dealkylation sites (tertiary alicyclic amines) is 1. The Morgan fingerprint density at radius 1 is 1.28 bits per heavy atom. The number of nitrogens with one attached hydrogen (secondary N) is 1. The fourth-order valence-electron chi connectivity index (χ4n) is 3.24. The van der Waals surface area contributed by atoms with Crippen molar-refractivity contribution in [2.24, 2.45) is 5.92 Å². The second-order valence-corrected chi connectivity index (χ2v) is 7.90. The number of halogens is 2. The van der Waals surface area contributed by atoms with E-state index >= 15 is 0 Å². The van der Waals surface area contributed by atoms with Crippen LogP contribution >= 0.6 is 11.6 Å². The lowest BCUT2D eigenvalue weighted by Gasteiger charge is -2.34. The Hall–Kier alpha value is -2.74. The fraction of sp³-hybridized carbons (Fsp3) is 0.400. The standard InChI is InChI=1S/C20H20ClFN4O3/c1-11-23-17(7-18(27)26(11)10-19(28)25-8-14(22)9-25)15-5-4-13(21)6-16(15)24-20(29)12-2-3-12/h4-7,12,14H,2-3,8-10H2,1H3,(H,24,29). The molecule has 2 heterocycles. The molecule has 1 aromatic heterocycles. The van der Waals surface area contributed by atoms with Gasteiger partial charge in [0.1, 0.15) is 18.5 Å². The first-order valence-corrected chi connectivity index (χ1v) is 9.80. The van der Waals surface area contributed by atoms with Crippen LogP contribution in [-0.4, -0.2) is 45.5 Å². The molecule has 0 spiro atoms. The first kappa shape index (κ1) is 19.6. The molecule has 1 aromatic carbocycles. The molecular weight excluding hydrogens is 399 g/mol. The minimum atomic E-state index is -0.994. The van der Waals surface area contributed by atoms with Crippen molar-refractivity contribution in [3.8, 4) is 11.3 Å². The van der Waals surface area contributed by atoms with Gasteiger partial charge in [-0.3, -0.25) is 19.0 Å². The van der Waals surface area contributed by atoms with Crippen LogP contribution in [0.2, 0.25) is 5.02 Å². The normalized spacial score (nSPS) is 16.4. The highest BCUT2D eigenvalue weighted by Gasteiger charge is 2.31. The minimum Gasteiger partial charge on any atom is -0.335 e. The maximum atomic E-state index is 13.0. The largest absolute Gasteiger partial charge is 0.335 e. The van der Waals surface area contributed by atoms with Crippen LogP contribution in [0.3, 0.4) is 0 Å². The number of alkyl halides is 1. The summed E-state index contributed by atoms with van der Waals surface area (Å²) in [6.45, 7) is 1.57. The molecule has 2 amide bonds. The lowest BCUT2D eigenvalue weighted by Crippen LogP contribution is -2.53. The van der Waals surface area contributed by atoms with Crippen molar-refractivity contribution >= 4 is 29.1 Å². The predicted molar refractivity (Wildman–Crippen MR) is 107 cm³/mol. The number of rotatable bonds is 5. The Kier molecular flexibility index (Phi) is 5.12. The van der Waals surface area contributed by atoms with Gasteiger partial charge in [0.05, 0.1) is 24.5 Å². The molecule has 2 aromatic rings. The highest BCUT2D eigenvalue weighted by molar-refractivity contribution is 6.31. The van der Waals surface area contributed by atoms with E-state index in [0.29, 0.717) is 27.8 Å². The molecule has 2 fully saturated rings. The van der Waals surface area contributed by atoms with E-state index in [1.807, 2.05) is 0 Å². The third-order valence-electron chi connectivity index (χ3n) is 5.15. The molecule has 0 unspecified atom stereocenters. The SMILES string of the molecule is Cc1nc(-c2ccc(Cl)cc2NC(=O)C2CC2)cc(=O)n1CC(=O)N1CC(F)C1. The lowest BCUT2D eigenvalue weighted by atomic mass is 10.1. The Morgan fingerprint density at radius 3 is 2.62 bits per heavy atom. The summed E-state index contributed by atoms with van der Waals surface area (Å²) < 4.78 is 14.2. The molecular formula is C20H20ClFN4O3. The van der Waals surface area contributed by atoms with Crippen LogP contribution in [0.15, 0.2) is 29.1 Å². The van der Waals surface area contributed by atoms with Gasteiger partial charge in [-0.15, -0.1) is 0 Å². The summed E-state index contributed by atoms with van der Waals surface area (Å²) >= 11 is 6.08. The molecule has 29 heavy (non-hydrogen) atoms. The van der Waals surface area contributed by atoms with E-state index in [-0.39, 0.29) is 37.4 Å². The summed E-state index contributed by atoms with van der Waals surface area (Å²) in [5, 5.41) is 3.32. The molecule has 1 saturated heterocycles. The number of benzene rings is 1. The maximum absolute atomic E-state index is 13.0. The van der Waals surface area contributed by atoms with Gasteiger partial charge in [0.25, 0.3) is 5.56 Å². The summed E-state index contributed by atoms with van der Waals surface area (Å²) in [6, 6.07) is 6.31.